The third-order valence-electron chi connectivity index (χ3n) is 3.19. The van der Waals surface area contributed by atoms with Crippen molar-refractivity contribution in [1.82, 2.24) is 5.32 Å². The van der Waals surface area contributed by atoms with Gasteiger partial charge in [-0.1, -0.05) is 60.7 Å². The lowest BCUT2D eigenvalue weighted by molar-refractivity contribution is -0.118. The molecule has 2 heteroatoms. The quantitative estimate of drug-likeness (QED) is 0.833. The fourth-order valence-electron chi connectivity index (χ4n) is 2.00. The summed E-state index contributed by atoms with van der Waals surface area (Å²) in [7, 11) is 0. The molecule has 0 saturated carbocycles. The minimum atomic E-state index is -0.0368. The monoisotopic (exact) mass is 265 g/mol. The van der Waals surface area contributed by atoms with E-state index in [1.807, 2.05) is 80.6 Å². The molecular formula is C18H19NO. The van der Waals surface area contributed by atoms with Crippen molar-refractivity contribution in [2.24, 2.45) is 0 Å². The maximum atomic E-state index is 12.2. The lowest BCUT2D eigenvalue weighted by atomic mass is 10.1. The van der Waals surface area contributed by atoms with Gasteiger partial charge in [0.05, 0.1) is 6.04 Å². The molecule has 1 N–H and O–H groups in total. The fourth-order valence-corrected chi connectivity index (χ4v) is 2.00. The first kappa shape index (κ1) is 14.1. The molecule has 102 valence electrons. The van der Waals surface area contributed by atoms with Crippen molar-refractivity contribution < 1.29 is 4.79 Å². The molecule has 0 radical (unpaired) electrons. The van der Waals surface area contributed by atoms with Crippen molar-refractivity contribution in [2.45, 2.75) is 19.9 Å². The molecule has 2 rings (SSSR count). The molecule has 0 saturated heterocycles. The zero-order valence-electron chi connectivity index (χ0n) is 11.8. The summed E-state index contributed by atoms with van der Waals surface area (Å²) in [5.41, 5.74) is 2.85. The summed E-state index contributed by atoms with van der Waals surface area (Å²) in [6.45, 7) is 3.82. The molecule has 0 heterocycles. The molecule has 0 aliphatic heterocycles. The van der Waals surface area contributed by atoms with Crippen molar-refractivity contribution in [3.8, 4) is 0 Å². The van der Waals surface area contributed by atoms with Gasteiger partial charge in [0.15, 0.2) is 0 Å². The Hall–Kier alpha value is -2.35. The summed E-state index contributed by atoms with van der Waals surface area (Å²) in [5.74, 6) is -0.0368. The van der Waals surface area contributed by atoms with E-state index in [1.165, 1.54) is 0 Å². The largest absolute Gasteiger partial charge is 0.346 e. The average Bonchev–Trinajstić information content (AvgIpc) is 2.49. The van der Waals surface area contributed by atoms with Crippen molar-refractivity contribution in [3.63, 3.8) is 0 Å². The molecule has 1 atom stereocenters. The van der Waals surface area contributed by atoms with Crippen LogP contribution < -0.4 is 5.32 Å². The van der Waals surface area contributed by atoms with Crippen molar-refractivity contribution in [2.75, 3.05) is 0 Å². The summed E-state index contributed by atoms with van der Waals surface area (Å²) in [5, 5.41) is 3.01. The third-order valence-corrected chi connectivity index (χ3v) is 3.19. The van der Waals surface area contributed by atoms with Gasteiger partial charge in [0.25, 0.3) is 0 Å². The Morgan fingerprint density at radius 2 is 1.55 bits per heavy atom. The van der Waals surface area contributed by atoms with E-state index in [4.69, 9.17) is 0 Å². The second-order valence-electron chi connectivity index (χ2n) is 4.84. The smallest absolute Gasteiger partial charge is 0.247 e. The number of carbonyl (C=O) groups is 1. The highest BCUT2D eigenvalue weighted by Gasteiger charge is 2.10. The van der Waals surface area contributed by atoms with Gasteiger partial charge >= 0.3 is 0 Å². The number of amides is 1. The minimum Gasteiger partial charge on any atom is -0.346 e. The number of rotatable bonds is 4. The zero-order chi connectivity index (χ0) is 14.4. The molecule has 0 aliphatic rings. The fraction of sp³-hybridized carbons (Fsp3) is 0.167. The van der Waals surface area contributed by atoms with Crippen LogP contribution in [-0.2, 0) is 4.79 Å². The molecule has 0 fully saturated rings. The number of hydrogen-bond donors (Lipinski definition) is 1. The highest BCUT2D eigenvalue weighted by atomic mass is 16.1. The van der Waals surface area contributed by atoms with Gasteiger partial charge in [-0.2, -0.15) is 0 Å². The van der Waals surface area contributed by atoms with Gasteiger partial charge in [-0.25, -0.2) is 0 Å². The van der Waals surface area contributed by atoms with Crippen LogP contribution in [0.5, 0.6) is 0 Å². The Labute approximate surface area is 120 Å². The van der Waals surface area contributed by atoms with Gasteiger partial charge in [-0.05, 0) is 31.1 Å². The standard InChI is InChI=1S/C18H19NO/c1-14(13-16-9-5-3-6-10-16)18(20)19-15(2)17-11-7-4-8-12-17/h3-13,15H,1-2H3,(H,19,20)/b14-13-. The number of hydrogen-bond acceptors (Lipinski definition) is 1. The van der Waals surface area contributed by atoms with Gasteiger partial charge in [-0.15, -0.1) is 0 Å². The summed E-state index contributed by atoms with van der Waals surface area (Å²) >= 11 is 0. The molecular weight excluding hydrogens is 246 g/mol. The Morgan fingerprint density at radius 1 is 1.00 bits per heavy atom. The SMILES string of the molecule is C/C(=C/c1ccccc1)C(=O)NC(C)c1ccccc1. The predicted molar refractivity (Wildman–Crippen MR) is 83.1 cm³/mol. The van der Waals surface area contributed by atoms with E-state index in [0.717, 1.165) is 11.1 Å². The number of carbonyl (C=O) groups excluding carboxylic acids is 1. The summed E-state index contributed by atoms with van der Waals surface area (Å²) in [6, 6.07) is 19.8. The van der Waals surface area contributed by atoms with Gasteiger partial charge in [-0.3, -0.25) is 4.79 Å². The molecule has 0 aliphatic carbocycles. The first-order valence-electron chi connectivity index (χ1n) is 6.76. The van der Waals surface area contributed by atoms with Crippen LogP contribution >= 0.6 is 0 Å². The topological polar surface area (TPSA) is 29.1 Å². The molecule has 1 amide bonds. The predicted octanol–water partition coefficient (Wildman–Crippen LogP) is 3.97. The van der Waals surface area contributed by atoms with E-state index in [9.17, 15) is 4.79 Å². The first-order chi connectivity index (χ1) is 9.66. The van der Waals surface area contributed by atoms with Gasteiger partial charge < -0.3 is 5.32 Å². The third kappa shape index (κ3) is 3.82. The lowest BCUT2D eigenvalue weighted by Gasteiger charge is -2.14. The van der Waals surface area contributed by atoms with Crippen LogP contribution in [-0.4, -0.2) is 5.91 Å². The van der Waals surface area contributed by atoms with E-state index in [1.54, 1.807) is 0 Å². The van der Waals surface area contributed by atoms with E-state index < -0.39 is 0 Å². The van der Waals surface area contributed by atoms with Crippen LogP contribution in [0.4, 0.5) is 0 Å². The molecule has 2 nitrogen and oxygen atoms in total. The van der Waals surface area contributed by atoms with Crippen molar-refractivity contribution in [3.05, 3.63) is 77.4 Å². The van der Waals surface area contributed by atoms with Crippen molar-refractivity contribution >= 4 is 12.0 Å². The van der Waals surface area contributed by atoms with E-state index in [2.05, 4.69) is 5.32 Å². The molecule has 20 heavy (non-hydrogen) atoms. The number of benzene rings is 2. The molecule has 2 aromatic carbocycles. The van der Waals surface area contributed by atoms with Crippen LogP contribution in [0.1, 0.15) is 31.0 Å². The van der Waals surface area contributed by atoms with Crippen LogP contribution in [0.15, 0.2) is 66.2 Å². The van der Waals surface area contributed by atoms with Crippen LogP contribution in [0.25, 0.3) is 6.08 Å². The summed E-state index contributed by atoms with van der Waals surface area (Å²) < 4.78 is 0. The molecule has 0 bridgehead atoms. The Balaban J connectivity index is 2.03. The second-order valence-corrected chi connectivity index (χ2v) is 4.84. The maximum absolute atomic E-state index is 12.2. The Kier molecular flexibility index (Phi) is 4.72. The van der Waals surface area contributed by atoms with Crippen LogP contribution in [0.3, 0.4) is 0 Å². The highest BCUT2D eigenvalue weighted by Crippen LogP contribution is 2.13. The number of nitrogens with one attached hydrogen (secondary N) is 1. The highest BCUT2D eigenvalue weighted by molar-refractivity contribution is 5.97. The van der Waals surface area contributed by atoms with Gasteiger partial charge in [0, 0.05) is 5.57 Å². The summed E-state index contributed by atoms with van der Waals surface area (Å²) in [4.78, 5) is 12.2. The van der Waals surface area contributed by atoms with Gasteiger partial charge in [0.2, 0.25) is 5.91 Å². The minimum absolute atomic E-state index is 0.00261. The Morgan fingerprint density at radius 3 is 2.15 bits per heavy atom. The Bertz CT molecular complexity index is 587. The average molecular weight is 265 g/mol. The summed E-state index contributed by atoms with van der Waals surface area (Å²) in [6.07, 6.45) is 1.90. The van der Waals surface area contributed by atoms with Crippen molar-refractivity contribution in [1.29, 1.82) is 0 Å². The zero-order valence-corrected chi connectivity index (χ0v) is 11.8. The van der Waals surface area contributed by atoms with E-state index in [0.29, 0.717) is 5.57 Å². The maximum Gasteiger partial charge on any atom is 0.247 e. The van der Waals surface area contributed by atoms with Crippen LogP contribution in [0, 0.1) is 0 Å². The van der Waals surface area contributed by atoms with E-state index in [-0.39, 0.29) is 11.9 Å². The normalized spacial score (nSPS) is 12.8. The molecule has 0 aromatic heterocycles. The molecule has 1 unspecified atom stereocenters. The molecule has 2 aromatic rings. The van der Waals surface area contributed by atoms with E-state index >= 15 is 0 Å². The first-order valence-corrected chi connectivity index (χ1v) is 6.76. The lowest BCUT2D eigenvalue weighted by Crippen LogP contribution is -2.27. The van der Waals surface area contributed by atoms with Gasteiger partial charge in [0.1, 0.15) is 0 Å². The van der Waals surface area contributed by atoms with Crippen LogP contribution in [0.2, 0.25) is 0 Å². The molecule has 0 spiro atoms. The second kappa shape index (κ2) is 6.71.